The topological polar surface area (TPSA) is 61.0 Å². The Morgan fingerprint density at radius 3 is 2.50 bits per heavy atom. The molecule has 5 heteroatoms. The Balaban J connectivity index is 1.73. The highest BCUT2D eigenvalue weighted by atomic mass is 35.5. The van der Waals surface area contributed by atoms with Crippen LogP contribution >= 0.6 is 11.6 Å². The van der Waals surface area contributed by atoms with Gasteiger partial charge in [-0.05, 0) is 24.3 Å². The second-order valence-corrected chi connectivity index (χ2v) is 6.23. The lowest BCUT2D eigenvalue weighted by Gasteiger charge is -2.11. The van der Waals surface area contributed by atoms with E-state index in [0.29, 0.717) is 11.6 Å². The van der Waals surface area contributed by atoms with Crippen LogP contribution in [0.1, 0.15) is 5.56 Å². The Morgan fingerprint density at radius 1 is 1.04 bits per heavy atom. The largest absolute Gasteiger partial charge is 0.488 e. The first kappa shape index (κ1) is 15.1. The summed E-state index contributed by atoms with van der Waals surface area (Å²) in [6, 6.07) is 17.7. The maximum Gasteiger partial charge on any atom is 0.132 e. The maximum atomic E-state index is 6.26. The van der Waals surface area contributed by atoms with Crippen LogP contribution in [0.3, 0.4) is 0 Å². The minimum atomic E-state index is -0.00577. The van der Waals surface area contributed by atoms with Crippen molar-refractivity contribution >= 4 is 11.6 Å². The summed E-state index contributed by atoms with van der Waals surface area (Å²) in [6.45, 7) is 0.477. The van der Waals surface area contributed by atoms with Crippen LogP contribution in [0.5, 0.6) is 5.75 Å². The smallest absolute Gasteiger partial charge is 0.132 e. The van der Waals surface area contributed by atoms with E-state index in [1.165, 1.54) is 0 Å². The lowest BCUT2D eigenvalue weighted by molar-refractivity contribution is 0.242. The van der Waals surface area contributed by atoms with Crippen molar-refractivity contribution in [2.75, 3.05) is 6.54 Å². The molecule has 24 heavy (non-hydrogen) atoms. The van der Waals surface area contributed by atoms with Gasteiger partial charge < -0.3 is 10.5 Å². The van der Waals surface area contributed by atoms with Crippen LogP contribution in [-0.4, -0.2) is 22.8 Å². The molecule has 0 unspecified atom stereocenters. The molecular weight excluding hydrogens is 322 g/mol. The van der Waals surface area contributed by atoms with Gasteiger partial charge >= 0.3 is 0 Å². The van der Waals surface area contributed by atoms with Crippen molar-refractivity contribution < 1.29 is 4.74 Å². The second kappa shape index (κ2) is 6.23. The van der Waals surface area contributed by atoms with Crippen molar-refractivity contribution in [3.63, 3.8) is 0 Å². The predicted molar refractivity (Wildman–Crippen MR) is 95.1 cm³/mol. The van der Waals surface area contributed by atoms with Crippen molar-refractivity contribution in [3.05, 3.63) is 65.2 Å². The van der Waals surface area contributed by atoms with Crippen molar-refractivity contribution in [1.82, 2.24) is 10.2 Å². The Bertz CT molecular complexity index is 866. The Morgan fingerprint density at radius 2 is 1.79 bits per heavy atom. The summed E-state index contributed by atoms with van der Waals surface area (Å²) in [4.78, 5) is 0. The molecule has 120 valence electrons. The second-order valence-electron chi connectivity index (χ2n) is 5.79. The van der Waals surface area contributed by atoms with Crippen molar-refractivity contribution in [1.29, 1.82) is 0 Å². The molecule has 4 rings (SSSR count). The van der Waals surface area contributed by atoms with Gasteiger partial charge in [0.25, 0.3) is 0 Å². The molecule has 3 aromatic rings. The van der Waals surface area contributed by atoms with Crippen LogP contribution in [0.4, 0.5) is 0 Å². The highest BCUT2D eigenvalue weighted by Gasteiger charge is 2.26. The molecule has 0 fully saturated rings. The summed E-state index contributed by atoms with van der Waals surface area (Å²) in [5.41, 5.74) is 10.3. The van der Waals surface area contributed by atoms with Gasteiger partial charge in [-0.3, -0.25) is 0 Å². The fourth-order valence-electron chi connectivity index (χ4n) is 2.95. The van der Waals surface area contributed by atoms with Crippen LogP contribution in [0.2, 0.25) is 5.02 Å². The van der Waals surface area contributed by atoms with Crippen LogP contribution in [0, 0.1) is 0 Å². The van der Waals surface area contributed by atoms with Gasteiger partial charge in [0.2, 0.25) is 0 Å². The van der Waals surface area contributed by atoms with Gasteiger partial charge in [0.05, 0.1) is 11.4 Å². The van der Waals surface area contributed by atoms with E-state index >= 15 is 0 Å². The van der Waals surface area contributed by atoms with Crippen molar-refractivity contribution in [2.45, 2.75) is 12.5 Å². The van der Waals surface area contributed by atoms with Crippen molar-refractivity contribution in [3.8, 4) is 28.3 Å². The molecule has 1 aliphatic rings. The Labute approximate surface area is 145 Å². The standard InChI is InChI=1S/C19H16ClN3O/c20-14-8-13-9-15(11-21)24-19(13)16(10-14)18-7-6-17(22-23-18)12-4-2-1-3-5-12/h1-8,10,15H,9,11,21H2/t15-/m0/s1. The lowest BCUT2D eigenvalue weighted by atomic mass is 10.0. The number of hydrogen-bond acceptors (Lipinski definition) is 4. The molecule has 0 spiro atoms. The first-order valence-corrected chi connectivity index (χ1v) is 8.21. The average Bonchev–Trinajstić information content (AvgIpc) is 3.05. The molecule has 1 aliphatic heterocycles. The maximum absolute atomic E-state index is 6.26. The molecule has 2 heterocycles. The zero-order valence-corrected chi connectivity index (χ0v) is 13.7. The molecule has 0 saturated carbocycles. The minimum absolute atomic E-state index is 0.00577. The molecule has 2 N–H and O–H groups in total. The zero-order valence-electron chi connectivity index (χ0n) is 12.9. The number of halogens is 1. The summed E-state index contributed by atoms with van der Waals surface area (Å²) >= 11 is 6.26. The highest BCUT2D eigenvalue weighted by Crippen LogP contribution is 2.40. The third-order valence-electron chi connectivity index (χ3n) is 4.14. The quantitative estimate of drug-likeness (QED) is 0.791. The van der Waals surface area contributed by atoms with E-state index in [9.17, 15) is 0 Å². The number of rotatable bonds is 3. The first-order chi connectivity index (χ1) is 11.7. The van der Waals surface area contributed by atoms with E-state index in [0.717, 1.165) is 40.2 Å². The third kappa shape index (κ3) is 2.75. The number of aromatic nitrogens is 2. The predicted octanol–water partition coefficient (Wildman–Crippen LogP) is 3.73. The van der Waals surface area contributed by atoms with Gasteiger partial charge in [-0.15, -0.1) is 10.2 Å². The molecular formula is C19H16ClN3O. The molecule has 0 aliphatic carbocycles. The number of benzene rings is 2. The lowest BCUT2D eigenvalue weighted by Crippen LogP contribution is -2.24. The van der Waals surface area contributed by atoms with E-state index < -0.39 is 0 Å². The van der Waals surface area contributed by atoms with Crippen LogP contribution in [-0.2, 0) is 6.42 Å². The number of hydrogen-bond donors (Lipinski definition) is 1. The SMILES string of the molecule is NC[C@@H]1Cc2cc(Cl)cc(-c3ccc(-c4ccccc4)nn3)c2O1. The average molecular weight is 338 g/mol. The molecule has 0 saturated heterocycles. The Kier molecular flexibility index (Phi) is 3.92. The minimum Gasteiger partial charge on any atom is -0.488 e. The number of ether oxygens (including phenoxy) is 1. The first-order valence-electron chi connectivity index (χ1n) is 7.83. The zero-order chi connectivity index (χ0) is 16.5. The van der Waals surface area contributed by atoms with Gasteiger partial charge in [0, 0.05) is 34.7 Å². The summed E-state index contributed by atoms with van der Waals surface area (Å²) in [7, 11) is 0. The molecule has 0 amide bonds. The number of fused-ring (bicyclic) bond motifs is 1. The van der Waals surface area contributed by atoms with Gasteiger partial charge in [-0.2, -0.15) is 0 Å². The fraction of sp³-hybridized carbons (Fsp3) is 0.158. The molecule has 1 aromatic heterocycles. The van der Waals surface area contributed by atoms with Crippen molar-refractivity contribution in [2.24, 2.45) is 5.73 Å². The number of nitrogens with zero attached hydrogens (tertiary/aromatic N) is 2. The van der Waals surface area contributed by atoms with Crippen LogP contribution in [0.15, 0.2) is 54.6 Å². The molecule has 2 aromatic carbocycles. The van der Waals surface area contributed by atoms with Crippen LogP contribution in [0.25, 0.3) is 22.5 Å². The fourth-order valence-corrected chi connectivity index (χ4v) is 3.20. The normalized spacial score (nSPS) is 15.8. The van der Waals surface area contributed by atoms with E-state index in [1.807, 2.05) is 54.6 Å². The summed E-state index contributed by atoms with van der Waals surface area (Å²) in [5.74, 6) is 0.816. The van der Waals surface area contributed by atoms with Gasteiger partial charge in [-0.1, -0.05) is 41.9 Å². The van der Waals surface area contributed by atoms with E-state index in [2.05, 4.69) is 10.2 Å². The number of nitrogens with two attached hydrogens (primary N) is 1. The third-order valence-corrected chi connectivity index (χ3v) is 4.35. The van der Waals surface area contributed by atoms with Gasteiger partial charge in [-0.25, -0.2) is 0 Å². The van der Waals surface area contributed by atoms with Gasteiger partial charge in [0.1, 0.15) is 11.9 Å². The van der Waals surface area contributed by atoms with E-state index in [1.54, 1.807) is 0 Å². The van der Waals surface area contributed by atoms with E-state index in [4.69, 9.17) is 22.1 Å². The Hall–Kier alpha value is -2.43. The van der Waals surface area contributed by atoms with Gasteiger partial charge in [0.15, 0.2) is 0 Å². The van der Waals surface area contributed by atoms with Crippen LogP contribution < -0.4 is 10.5 Å². The monoisotopic (exact) mass is 337 g/mol. The summed E-state index contributed by atoms with van der Waals surface area (Å²) < 4.78 is 5.96. The summed E-state index contributed by atoms with van der Waals surface area (Å²) in [6.07, 6.45) is 0.767. The molecule has 4 nitrogen and oxygen atoms in total. The molecule has 0 radical (unpaired) electrons. The molecule has 1 atom stereocenters. The summed E-state index contributed by atoms with van der Waals surface area (Å²) in [5, 5.41) is 9.39. The highest BCUT2D eigenvalue weighted by molar-refractivity contribution is 6.31. The molecule has 0 bridgehead atoms. The van der Waals surface area contributed by atoms with E-state index in [-0.39, 0.29) is 6.10 Å².